The molecule has 0 fully saturated rings. The first-order valence-electron chi connectivity index (χ1n) is 4.49. The van der Waals surface area contributed by atoms with E-state index in [9.17, 15) is 4.79 Å². The first-order chi connectivity index (χ1) is 5.27. The quantitative estimate of drug-likeness (QED) is 0.503. The van der Waals surface area contributed by atoms with Gasteiger partial charge in [-0.15, -0.1) is 0 Å². The van der Waals surface area contributed by atoms with E-state index in [1.165, 1.54) is 25.7 Å². The summed E-state index contributed by atoms with van der Waals surface area (Å²) in [5.74, 6) is -0.666. The second kappa shape index (κ2) is 12.1. The van der Waals surface area contributed by atoms with E-state index in [-0.39, 0.29) is 51.4 Å². The molecule has 0 bridgehead atoms. The minimum atomic E-state index is -0.666. The van der Waals surface area contributed by atoms with Gasteiger partial charge in [0.05, 0.1) is 0 Å². The second-order valence-corrected chi connectivity index (χ2v) is 2.91. The summed E-state index contributed by atoms with van der Waals surface area (Å²) in [6, 6.07) is 0. The van der Waals surface area contributed by atoms with Crippen molar-refractivity contribution in [3.8, 4) is 0 Å². The van der Waals surface area contributed by atoms with Crippen LogP contribution in [0, 0.1) is 0 Å². The third-order valence-electron chi connectivity index (χ3n) is 1.74. The molecule has 0 aromatic heterocycles. The number of carbonyl (C=O) groups is 1. The van der Waals surface area contributed by atoms with Crippen molar-refractivity contribution in [2.24, 2.45) is 0 Å². The summed E-state index contributed by atoms with van der Waals surface area (Å²) in [6.45, 7) is 2.18. The van der Waals surface area contributed by atoms with Crippen molar-refractivity contribution < 1.29 is 9.90 Å². The van der Waals surface area contributed by atoms with Crippen molar-refractivity contribution in [3.05, 3.63) is 0 Å². The van der Waals surface area contributed by atoms with E-state index in [4.69, 9.17) is 5.11 Å². The molecule has 0 aliphatic rings. The predicted molar refractivity (Wildman–Crippen MR) is 52.8 cm³/mol. The van der Waals surface area contributed by atoms with Crippen LogP contribution in [0.1, 0.15) is 51.9 Å². The van der Waals surface area contributed by atoms with Gasteiger partial charge in [-0.25, -0.2) is 0 Å². The maximum atomic E-state index is 10.1. The van der Waals surface area contributed by atoms with Gasteiger partial charge in [0.25, 0.3) is 0 Å². The summed E-state index contributed by atoms with van der Waals surface area (Å²) in [4.78, 5) is 10.1. The number of unbranched alkanes of at least 4 members (excludes halogenated alkanes) is 5. The molecule has 0 saturated heterocycles. The van der Waals surface area contributed by atoms with Crippen LogP contribution in [0.2, 0.25) is 0 Å². The summed E-state index contributed by atoms with van der Waals surface area (Å²) in [7, 11) is 0. The zero-order chi connectivity index (χ0) is 8.53. The Morgan fingerprint density at radius 2 is 1.58 bits per heavy atom. The van der Waals surface area contributed by atoms with Crippen LogP contribution in [-0.4, -0.2) is 62.5 Å². The summed E-state index contributed by atoms with van der Waals surface area (Å²) >= 11 is 0. The van der Waals surface area contributed by atoms with Crippen LogP contribution in [0.3, 0.4) is 0 Å². The maximum absolute atomic E-state index is 10.1. The minimum absolute atomic E-state index is 0. The topological polar surface area (TPSA) is 37.3 Å². The molecule has 1 N–H and O–H groups in total. The average molecular weight is 198 g/mol. The Hall–Kier alpha value is 1.11. The Kier molecular flexibility index (Phi) is 15.7. The molecule has 0 amide bonds. The third-order valence-corrected chi connectivity index (χ3v) is 1.74. The van der Waals surface area contributed by atoms with Gasteiger partial charge < -0.3 is 5.11 Å². The van der Waals surface area contributed by atoms with Gasteiger partial charge in [0, 0.05) is 6.42 Å². The normalized spacial score (nSPS) is 9.08. The molecule has 0 aromatic carbocycles. The molecule has 0 aliphatic carbocycles. The van der Waals surface area contributed by atoms with Crippen LogP contribution in [0.15, 0.2) is 0 Å². The van der Waals surface area contributed by atoms with Crippen molar-refractivity contribution in [1.82, 2.24) is 0 Å². The van der Waals surface area contributed by atoms with Crippen LogP contribution >= 0.6 is 0 Å². The molecule has 2 nitrogen and oxygen atoms in total. The summed E-state index contributed by atoms with van der Waals surface area (Å²) in [6.07, 6.45) is 7.25. The Bertz CT molecular complexity index is 105. The number of aliphatic carboxylic acids is 1. The van der Waals surface area contributed by atoms with Gasteiger partial charge in [0.15, 0.2) is 0 Å². The van der Waals surface area contributed by atoms with Crippen LogP contribution in [0.4, 0.5) is 0 Å². The zero-order valence-electron chi connectivity index (χ0n) is 7.31. The summed E-state index contributed by atoms with van der Waals surface area (Å²) < 4.78 is 0. The van der Waals surface area contributed by atoms with Gasteiger partial charge >= 0.3 is 57.4 Å². The standard InChI is InChI=1S/C9H18O2.K.H/c1-2-3-4-5-6-7-8-9(10)11;;/h2-8H2,1H3,(H,10,11);;. The molecule has 0 spiro atoms. The van der Waals surface area contributed by atoms with Crippen molar-refractivity contribution >= 4 is 57.4 Å². The fraction of sp³-hybridized carbons (Fsp3) is 0.889. The van der Waals surface area contributed by atoms with Crippen LogP contribution in [0.5, 0.6) is 0 Å². The number of hydrogen-bond acceptors (Lipinski definition) is 1. The molecule has 3 heteroatoms. The number of hydrogen-bond donors (Lipinski definition) is 1. The predicted octanol–water partition coefficient (Wildman–Crippen LogP) is 2.17. The Morgan fingerprint density at radius 3 is 2.08 bits per heavy atom. The van der Waals surface area contributed by atoms with Crippen molar-refractivity contribution in [3.63, 3.8) is 0 Å². The zero-order valence-corrected chi connectivity index (χ0v) is 7.31. The average Bonchev–Trinajstić information content (AvgIpc) is 1.96. The van der Waals surface area contributed by atoms with E-state index in [1.807, 2.05) is 0 Å². The molecule has 0 atom stereocenters. The first-order valence-corrected chi connectivity index (χ1v) is 4.49. The number of rotatable bonds is 7. The fourth-order valence-electron chi connectivity index (χ4n) is 1.06. The summed E-state index contributed by atoms with van der Waals surface area (Å²) in [5, 5.41) is 8.32. The third kappa shape index (κ3) is 13.7. The Labute approximate surface area is 118 Å². The van der Waals surface area contributed by atoms with Crippen molar-refractivity contribution in [2.75, 3.05) is 0 Å². The van der Waals surface area contributed by atoms with E-state index in [0.29, 0.717) is 6.42 Å². The monoisotopic (exact) mass is 198 g/mol. The molecule has 68 valence electrons. The molecule has 0 aromatic rings. The van der Waals surface area contributed by atoms with Crippen LogP contribution in [0.25, 0.3) is 0 Å². The van der Waals surface area contributed by atoms with Gasteiger partial charge in [0.2, 0.25) is 0 Å². The summed E-state index contributed by atoms with van der Waals surface area (Å²) in [5.41, 5.74) is 0. The number of carboxylic acid groups (broad SMARTS) is 1. The molecule has 0 unspecified atom stereocenters. The van der Waals surface area contributed by atoms with E-state index in [2.05, 4.69) is 6.92 Å². The Morgan fingerprint density at radius 1 is 1.08 bits per heavy atom. The molecular formula is C9H19KO2. The molecule has 0 aliphatic heterocycles. The van der Waals surface area contributed by atoms with Gasteiger partial charge in [-0.3, -0.25) is 4.79 Å². The van der Waals surface area contributed by atoms with E-state index < -0.39 is 5.97 Å². The first kappa shape index (κ1) is 15.6. The van der Waals surface area contributed by atoms with Crippen LogP contribution < -0.4 is 0 Å². The Balaban J connectivity index is 0. The van der Waals surface area contributed by atoms with E-state index in [0.717, 1.165) is 12.8 Å². The molecule has 0 rings (SSSR count). The molecular weight excluding hydrogens is 179 g/mol. The van der Waals surface area contributed by atoms with Crippen molar-refractivity contribution in [2.45, 2.75) is 51.9 Å². The molecule has 12 heavy (non-hydrogen) atoms. The number of carboxylic acids is 1. The second-order valence-electron chi connectivity index (χ2n) is 2.91. The van der Waals surface area contributed by atoms with Gasteiger partial charge in [-0.2, -0.15) is 0 Å². The van der Waals surface area contributed by atoms with Crippen molar-refractivity contribution in [1.29, 1.82) is 0 Å². The molecule has 0 saturated carbocycles. The molecule has 0 radical (unpaired) electrons. The SMILES string of the molecule is CCCCCCCCC(=O)O.[KH]. The molecule has 0 heterocycles. The fourth-order valence-corrected chi connectivity index (χ4v) is 1.06. The van der Waals surface area contributed by atoms with Gasteiger partial charge in [-0.05, 0) is 6.42 Å². The van der Waals surface area contributed by atoms with Crippen LogP contribution in [-0.2, 0) is 4.79 Å². The van der Waals surface area contributed by atoms with E-state index in [1.54, 1.807) is 0 Å². The van der Waals surface area contributed by atoms with Gasteiger partial charge in [0.1, 0.15) is 0 Å². The van der Waals surface area contributed by atoms with E-state index >= 15 is 0 Å². The van der Waals surface area contributed by atoms with Gasteiger partial charge in [-0.1, -0.05) is 39.0 Å².